The highest BCUT2D eigenvalue weighted by atomic mass is 32.2. The number of fused-ring (bicyclic) bond motifs is 1. The highest BCUT2D eigenvalue weighted by Crippen LogP contribution is 2.61. The largest absolute Gasteiger partial charge is 0.342 e. The van der Waals surface area contributed by atoms with Crippen LogP contribution in [-0.4, -0.2) is 43.8 Å². The predicted molar refractivity (Wildman–Crippen MR) is 75.4 cm³/mol. The van der Waals surface area contributed by atoms with Gasteiger partial charge in [-0.15, -0.1) is 0 Å². The molecule has 1 amide bonds. The van der Waals surface area contributed by atoms with Crippen molar-refractivity contribution in [3.8, 4) is 0 Å². The molecule has 2 aliphatic rings. The van der Waals surface area contributed by atoms with Gasteiger partial charge in [0.2, 0.25) is 5.91 Å². The molecule has 1 saturated heterocycles. The molecule has 0 radical (unpaired) electrons. The van der Waals surface area contributed by atoms with Crippen molar-refractivity contribution in [1.29, 1.82) is 0 Å². The van der Waals surface area contributed by atoms with Crippen LogP contribution < -0.4 is 0 Å². The van der Waals surface area contributed by atoms with Crippen LogP contribution in [0, 0.1) is 23.2 Å². The standard InChI is InChI=1S/C14H25NO3S/c1-10(2)9-19(17,18)6-5-13(16)15-7-11-12(8-15)14(11,3)4/h10-12H,5-9H2,1-4H3/t11-,12-/m1/s1. The van der Waals surface area contributed by atoms with Crippen molar-refractivity contribution in [3.63, 3.8) is 0 Å². The van der Waals surface area contributed by atoms with E-state index in [-0.39, 0.29) is 29.8 Å². The smallest absolute Gasteiger partial charge is 0.223 e. The molecule has 0 aromatic rings. The van der Waals surface area contributed by atoms with Crippen molar-refractivity contribution in [2.45, 2.75) is 34.1 Å². The number of amides is 1. The quantitative estimate of drug-likeness (QED) is 0.771. The molecule has 19 heavy (non-hydrogen) atoms. The molecule has 2 fully saturated rings. The van der Waals surface area contributed by atoms with E-state index in [9.17, 15) is 13.2 Å². The van der Waals surface area contributed by atoms with Crippen LogP contribution in [0.5, 0.6) is 0 Å². The van der Waals surface area contributed by atoms with Gasteiger partial charge in [-0.1, -0.05) is 27.7 Å². The van der Waals surface area contributed by atoms with E-state index in [1.165, 1.54) is 0 Å². The van der Waals surface area contributed by atoms with Gasteiger partial charge in [-0.05, 0) is 23.2 Å². The summed E-state index contributed by atoms with van der Waals surface area (Å²) in [6, 6.07) is 0. The summed E-state index contributed by atoms with van der Waals surface area (Å²) in [5.74, 6) is 1.57. The molecular formula is C14H25NO3S. The van der Waals surface area contributed by atoms with Gasteiger partial charge in [0.15, 0.2) is 9.84 Å². The molecule has 0 spiro atoms. The van der Waals surface area contributed by atoms with Crippen molar-refractivity contribution < 1.29 is 13.2 Å². The second-order valence-electron chi connectivity index (χ2n) is 7.09. The normalized spacial score (nSPS) is 28.6. The van der Waals surface area contributed by atoms with Crippen LogP contribution >= 0.6 is 0 Å². The lowest BCUT2D eigenvalue weighted by Gasteiger charge is -2.22. The maximum atomic E-state index is 12.0. The SMILES string of the molecule is CC(C)CS(=O)(=O)CCC(=O)N1C[C@@H]2[C@@H](C1)C2(C)C. The highest BCUT2D eigenvalue weighted by Gasteiger charge is 2.62. The Morgan fingerprint density at radius 3 is 2.26 bits per heavy atom. The lowest BCUT2D eigenvalue weighted by molar-refractivity contribution is -0.130. The topological polar surface area (TPSA) is 54.5 Å². The number of rotatable bonds is 5. The minimum absolute atomic E-state index is 0.000754. The summed E-state index contributed by atoms with van der Waals surface area (Å²) in [5.41, 5.74) is 0.389. The molecule has 2 rings (SSSR count). The van der Waals surface area contributed by atoms with Gasteiger partial charge in [-0.2, -0.15) is 0 Å². The second-order valence-corrected chi connectivity index (χ2v) is 9.32. The molecule has 1 aliphatic carbocycles. The molecule has 5 heteroatoms. The number of hydrogen-bond acceptors (Lipinski definition) is 3. The van der Waals surface area contributed by atoms with Crippen LogP contribution in [0.15, 0.2) is 0 Å². The Kier molecular flexibility index (Phi) is 3.71. The van der Waals surface area contributed by atoms with Crippen molar-refractivity contribution in [1.82, 2.24) is 4.90 Å². The molecule has 2 atom stereocenters. The van der Waals surface area contributed by atoms with Crippen LogP contribution in [0.25, 0.3) is 0 Å². The molecule has 1 heterocycles. The number of piperidine rings is 1. The summed E-state index contributed by atoms with van der Waals surface area (Å²) >= 11 is 0. The molecule has 4 nitrogen and oxygen atoms in total. The number of sulfone groups is 1. The monoisotopic (exact) mass is 287 g/mol. The van der Waals surface area contributed by atoms with Crippen molar-refractivity contribution in [3.05, 3.63) is 0 Å². The number of nitrogens with zero attached hydrogens (tertiary/aromatic N) is 1. The molecule has 0 aromatic heterocycles. The summed E-state index contributed by atoms with van der Waals surface area (Å²) < 4.78 is 23.5. The highest BCUT2D eigenvalue weighted by molar-refractivity contribution is 7.91. The van der Waals surface area contributed by atoms with Crippen LogP contribution in [0.4, 0.5) is 0 Å². The number of likely N-dealkylation sites (tertiary alicyclic amines) is 1. The zero-order chi connectivity index (χ0) is 14.4. The fraction of sp³-hybridized carbons (Fsp3) is 0.929. The van der Waals surface area contributed by atoms with Crippen LogP contribution in [0.3, 0.4) is 0 Å². The Hall–Kier alpha value is -0.580. The third kappa shape index (κ3) is 3.12. The maximum Gasteiger partial charge on any atom is 0.223 e. The average Bonchev–Trinajstić information content (AvgIpc) is 2.66. The summed E-state index contributed by atoms with van der Waals surface area (Å²) in [6.45, 7) is 9.90. The Morgan fingerprint density at radius 2 is 1.79 bits per heavy atom. The van der Waals surface area contributed by atoms with Gasteiger partial charge in [-0.3, -0.25) is 4.79 Å². The van der Waals surface area contributed by atoms with Gasteiger partial charge in [0.1, 0.15) is 0 Å². The van der Waals surface area contributed by atoms with Crippen LogP contribution in [-0.2, 0) is 14.6 Å². The Balaban J connectivity index is 1.78. The second kappa shape index (κ2) is 4.76. The first-order chi connectivity index (χ1) is 8.63. The lowest BCUT2D eigenvalue weighted by Crippen LogP contribution is -2.34. The fourth-order valence-corrected chi connectivity index (χ4v) is 5.00. The molecule has 0 N–H and O–H groups in total. The third-order valence-electron chi connectivity index (χ3n) is 4.69. The van der Waals surface area contributed by atoms with E-state index in [2.05, 4.69) is 13.8 Å². The summed E-state index contributed by atoms with van der Waals surface area (Å²) in [7, 11) is -3.08. The predicted octanol–water partition coefficient (Wildman–Crippen LogP) is 1.56. The van der Waals surface area contributed by atoms with Gasteiger partial charge in [-0.25, -0.2) is 8.42 Å². The van der Waals surface area contributed by atoms with E-state index in [0.717, 1.165) is 13.1 Å². The maximum absolute atomic E-state index is 12.0. The molecular weight excluding hydrogens is 262 g/mol. The molecule has 110 valence electrons. The van der Waals surface area contributed by atoms with Gasteiger partial charge in [0, 0.05) is 19.5 Å². The Labute approximate surface area is 116 Å². The molecule has 0 unspecified atom stereocenters. The number of hydrogen-bond donors (Lipinski definition) is 0. The summed E-state index contributed by atoms with van der Waals surface area (Å²) in [6.07, 6.45) is 0.148. The zero-order valence-corrected chi connectivity index (χ0v) is 13.2. The van der Waals surface area contributed by atoms with E-state index in [1.54, 1.807) is 0 Å². The van der Waals surface area contributed by atoms with E-state index >= 15 is 0 Å². The fourth-order valence-electron chi connectivity index (χ4n) is 3.33. The minimum atomic E-state index is -3.08. The van der Waals surface area contributed by atoms with Crippen LogP contribution in [0.2, 0.25) is 0 Å². The molecule has 0 aromatic carbocycles. The number of carbonyl (C=O) groups is 1. The Bertz CT molecular complexity index is 453. The zero-order valence-electron chi connectivity index (χ0n) is 12.3. The first-order valence-electron chi connectivity index (χ1n) is 7.11. The van der Waals surface area contributed by atoms with Gasteiger partial charge in [0.05, 0.1) is 11.5 Å². The average molecular weight is 287 g/mol. The first-order valence-corrected chi connectivity index (χ1v) is 8.94. The summed E-state index contributed by atoms with van der Waals surface area (Å²) in [4.78, 5) is 13.9. The van der Waals surface area contributed by atoms with Crippen LogP contribution in [0.1, 0.15) is 34.1 Å². The molecule has 1 aliphatic heterocycles. The molecule has 1 saturated carbocycles. The van der Waals surface area contributed by atoms with Crippen molar-refractivity contribution in [2.24, 2.45) is 23.2 Å². The first kappa shape index (κ1) is 14.8. The molecule has 0 bridgehead atoms. The van der Waals surface area contributed by atoms with Crippen molar-refractivity contribution >= 4 is 15.7 Å². The van der Waals surface area contributed by atoms with E-state index in [0.29, 0.717) is 17.3 Å². The van der Waals surface area contributed by atoms with Crippen molar-refractivity contribution in [2.75, 3.05) is 24.6 Å². The van der Waals surface area contributed by atoms with Gasteiger partial charge in [0.25, 0.3) is 0 Å². The van der Waals surface area contributed by atoms with Gasteiger partial charge >= 0.3 is 0 Å². The van der Waals surface area contributed by atoms with E-state index in [1.807, 2.05) is 18.7 Å². The third-order valence-corrected chi connectivity index (χ3v) is 6.69. The Morgan fingerprint density at radius 1 is 1.26 bits per heavy atom. The number of carbonyl (C=O) groups excluding carboxylic acids is 1. The van der Waals surface area contributed by atoms with E-state index in [4.69, 9.17) is 0 Å². The van der Waals surface area contributed by atoms with E-state index < -0.39 is 9.84 Å². The van der Waals surface area contributed by atoms with Gasteiger partial charge < -0.3 is 4.90 Å². The lowest BCUT2D eigenvalue weighted by atomic mass is 10.1. The summed E-state index contributed by atoms with van der Waals surface area (Å²) in [5, 5.41) is 0. The minimum Gasteiger partial charge on any atom is -0.342 e.